The van der Waals surface area contributed by atoms with Crippen molar-refractivity contribution in [3.05, 3.63) is 114 Å². The highest BCUT2D eigenvalue weighted by atomic mass is 32.2. The van der Waals surface area contributed by atoms with Crippen LogP contribution >= 0.6 is 11.8 Å². The fourth-order valence-electron chi connectivity index (χ4n) is 4.81. The summed E-state index contributed by atoms with van der Waals surface area (Å²) < 4.78 is 0. The molecule has 1 fully saturated rings. The summed E-state index contributed by atoms with van der Waals surface area (Å²) in [6.07, 6.45) is 4.45. The second-order valence-electron chi connectivity index (χ2n) is 11.0. The third kappa shape index (κ3) is 8.54. The van der Waals surface area contributed by atoms with Crippen molar-refractivity contribution in [1.29, 1.82) is 0 Å². The molecule has 4 aromatic rings. The molecule has 42 heavy (non-hydrogen) atoms. The fourth-order valence-corrected chi connectivity index (χ4v) is 5.60. The summed E-state index contributed by atoms with van der Waals surface area (Å²) in [5.74, 6) is 2.03. The van der Waals surface area contributed by atoms with E-state index in [1.807, 2.05) is 42.5 Å². The average molecular weight is 578 g/mol. The van der Waals surface area contributed by atoms with E-state index in [2.05, 4.69) is 89.6 Å². The summed E-state index contributed by atoms with van der Waals surface area (Å²) in [5, 5.41) is 3.75. The van der Waals surface area contributed by atoms with E-state index in [0.29, 0.717) is 23.8 Å². The van der Waals surface area contributed by atoms with Crippen molar-refractivity contribution < 1.29 is 4.79 Å². The molecule has 0 saturated carbocycles. The number of anilines is 1. The van der Waals surface area contributed by atoms with E-state index in [9.17, 15) is 4.79 Å². The minimum absolute atomic E-state index is 0.0325. The number of benzene rings is 3. The van der Waals surface area contributed by atoms with Crippen LogP contribution in [0.25, 0.3) is 17.3 Å². The number of carbonyl (C=O) groups is 1. The van der Waals surface area contributed by atoms with Crippen molar-refractivity contribution in [2.45, 2.75) is 24.8 Å². The molecule has 0 spiro atoms. The molecular weight excluding hydrogens is 538 g/mol. The Morgan fingerprint density at radius 3 is 2.38 bits per heavy atom. The molecule has 6 nitrogen and oxygen atoms in total. The first-order valence-corrected chi connectivity index (χ1v) is 15.7. The topological polar surface area (TPSA) is 61.4 Å². The lowest BCUT2D eigenvalue weighted by molar-refractivity contribution is 0.0949. The van der Waals surface area contributed by atoms with Crippen molar-refractivity contribution >= 4 is 29.6 Å². The van der Waals surface area contributed by atoms with Gasteiger partial charge in [-0.2, -0.15) is 0 Å². The second-order valence-corrected chi connectivity index (χ2v) is 11.9. The molecule has 0 radical (unpaired) electrons. The Labute approximate surface area is 253 Å². The number of rotatable bonds is 11. The summed E-state index contributed by atoms with van der Waals surface area (Å²) in [6, 6.07) is 30.7. The summed E-state index contributed by atoms with van der Waals surface area (Å²) in [6.45, 7) is 9.60. The second kappa shape index (κ2) is 14.8. The van der Waals surface area contributed by atoms with Crippen molar-refractivity contribution in [2.75, 3.05) is 44.2 Å². The number of piperazine rings is 1. The molecule has 1 saturated heterocycles. The van der Waals surface area contributed by atoms with Gasteiger partial charge in [-0.25, -0.2) is 9.97 Å². The zero-order valence-corrected chi connectivity index (χ0v) is 25.3. The quantitative estimate of drug-likeness (QED) is 0.159. The van der Waals surface area contributed by atoms with Crippen molar-refractivity contribution in [2.24, 2.45) is 5.92 Å². The number of nitrogens with zero attached hydrogens (tertiary/aromatic N) is 4. The van der Waals surface area contributed by atoms with E-state index < -0.39 is 0 Å². The van der Waals surface area contributed by atoms with Gasteiger partial charge in [0, 0.05) is 62.2 Å². The summed E-state index contributed by atoms with van der Waals surface area (Å²) >= 11 is 1.61. The van der Waals surface area contributed by atoms with Gasteiger partial charge >= 0.3 is 0 Å². The van der Waals surface area contributed by atoms with Crippen LogP contribution in [0.5, 0.6) is 0 Å². The van der Waals surface area contributed by atoms with Gasteiger partial charge in [-0.15, -0.1) is 0 Å². The molecule has 7 heteroatoms. The van der Waals surface area contributed by atoms with Crippen LogP contribution in [0, 0.1) is 5.92 Å². The minimum Gasteiger partial charge on any atom is -0.354 e. The van der Waals surface area contributed by atoms with Gasteiger partial charge < -0.3 is 10.2 Å². The van der Waals surface area contributed by atoms with Crippen molar-refractivity contribution in [3.8, 4) is 11.3 Å². The highest BCUT2D eigenvalue weighted by Gasteiger charge is 2.19. The highest BCUT2D eigenvalue weighted by molar-refractivity contribution is 7.98. The van der Waals surface area contributed by atoms with E-state index in [0.717, 1.165) is 60.5 Å². The molecule has 1 aliphatic heterocycles. The maximum Gasteiger partial charge on any atom is 0.251 e. The lowest BCUT2D eigenvalue weighted by atomic mass is 10.1. The molecule has 1 amide bonds. The van der Waals surface area contributed by atoms with Crippen LogP contribution in [-0.2, 0) is 5.75 Å². The molecule has 3 aromatic carbocycles. The number of carbonyl (C=O) groups excluding carboxylic acids is 1. The molecule has 0 atom stereocenters. The van der Waals surface area contributed by atoms with Gasteiger partial charge in [-0.1, -0.05) is 111 Å². The van der Waals surface area contributed by atoms with Gasteiger partial charge in [-0.05, 0) is 29.2 Å². The van der Waals surface area contributed by atoms with Gasteiger partial charge in [0.2, 0.25) is 0 Å². The van der Waals surface area contributed by atoms with Crippen molar-refractivity contribution in [1.82, 2.24) is 20.2 Å². The monoisotopic (exact) mass is 577 g/mol. The molecule has 1 aliphatic rings. The van der Waals surface area contributed by atoms with Crippen LogP contribution in [-0.4, -0.2) is 60.0 Å². The Hall–Kier alpha value is -3.94. The standard InChI is InChI=1S/C35H39N5OS/c1-27(2)25-36-34(41)31-17-9-13-29(23-31)26-42-35-37-32(30-15-7-4-8-16-30)24-33(38-35)40-21-19-39(20-22-40)18-10-14-28-11-5-3-6-12-28/h3-17,23-24,27H,18-22,25-26H2,1-2H3,(H,36,41)/b14-10+. The maximum absolute atomic E-state index is 12.6. The first kappa shape index (κ1) is 29.5. The van der Waals surface area contributed by atoms with E-state index in [1.165, 1.54) is 5.56 Å². The summed E-state index contributed by atoms with van der Waals surface area (Å²) in [5.41, 5.74) is 5.00. The number of nitrogens with one attached hydrogen (secondary N) is 1. The van der Waals surface area contributed by atoms with Gasteiger partial charge in [0.25, 0.3) is 5.91 Å². The average Bonchev–Trinajstić information content (AvgIpc) is 3.04. The van der Waals surface area contributed by atoms with E-state index in [1.54, 1.807) is 11.8 Å². The van der Waals surface area contributed by atoms with Crippen LogP contribution in [0.3, 0.4) is 0 Å². The Morgan fingerprint density at radius 2 is 1.64 bits per heavy atom. The normalized spacial score (nSPS) is 14.0. The molecule has 0 unspecified atom stereocenters. The molecule has 2 heterocycles. The van der Waals surface area contributed by atoms with Crippen LogP contribution < -0.4 is 10.2 Å². The van der Waals surface area contributed by atoms with Crippen LogP contribution in [0.15, 0.2) is 102 Å². The third-order valence-corrected chi connectivity index (χ3v) is 8.08. The van der Waals surface area contributed by atoms with Gasteiger partial charge in [0.15, 0.2) is 5.16 Å². The summed E-state index contributed by atoms with van der Waals surface area (Å²) in [7, 11) is 0. The van der Waals surface area contributed by atoms with Gasteiger partial charge in [0.1, 0.15) is 5.82 Å². The van der Waals surface area contributed by atoms with Crippen LogP contribution in [0.4, 0.5) is 5.82 Å². The lowest BCUT2D eigenvalue weighted by Crippen LogP contribution is -2.46. The van der Waals surface area contributed by atoms with Gasteiger partial charge in [-0.3, -0.25) is 9.69 Å². The molecule has 0 aliphatic carbocycles. The Bertz CT molecular complexity index is 1470. The van der Waals surface area contributed by atoms with Crippen molar-refractivity contribution in [3.63, 3.8) is 0 Å². The first-order valence-electron chi connectivity index (χ1n) is 14.7. The van der Waals surface area contributed by atoms with Gasteiger partial charge in [0.05, 0.1) is 5.69 Å². The predicted octanol–water partition coefficient (Wildman–Crippen LogP) is 6.66. The van der Waals surface area contributed by atoms with E-state index in [4.69, 9.17) is 9.97 Å². The molecule has 216 valence electrons. The van der Waals surface area contributed by atoms with E-state index >= 15 is 0 Å². The largest absolute Gasteiger partial charge is 0.354 e. The highest BCUT2D eigenvalue weighted by Crippen LogP contribution is 2.28. The predicted molar refractivity (Wildman–Crippen MR) is 175 cm³/mol. The number of aromatic nitrogens is 2. The molecular formula is C35H39N5OS. The number of amides is 1. The summed E-state index contributed by atoms with van der Waals surface area (Å²) in [4.78, 5) is 27.4. The molecule has 5 rings (SSSR count). The fraction of sp³-hybridized carbons (Fsp3) is 0.286. The number of hydrogen-bond donors (Lipinski definition) is 1. The zero-order chi connectivity index (χ0) is 29.1. The zero-order valence-electron chi connectivity index (χ0n) is 24.4. The van der Waals surface area contributed by atoms with Crippen LogP contribution in [0.2, 0.25) is 0 Å². The number of hydrogen-bond acceptors (Lipinski definition) is 6. The third-order valence-electron chi connectivity index (χ3n) is 7.16. The number of thioether (sulfide) groups is 1. The molecule has 1 aromatic heterocycles. The Morgan fingerprint density at radius 1 is 0.905 bits per heavy atom. The maximum atomic E-state index is 12.6. The Balaban J connectivity index is 1.26. The van der Waals surface area contributed by atoms with Crippen LogP contribution in [0.1, 0.15) is 35.3 Å². The van der Waals surface area contributed by atoms with E-state index in [-0.39, 0.29) is 5.91 Å². The smallest absolute Gasteiger partial charge is 0.251 e. The Kier molecular flexibility index (Phi) is 10.4. The SMILES string of the molecule is CC(C)CNC(=O)c1cccc(CSc2nc(-c3ccccc3)cc(N3CCN(C/C=C/c4ccccc4)CC3)n2)c1. The first-order chi connectivity index (χ1) is 20.5. The molecule has 0 bridgehead atoms. The lowest BCUT2D eigenvalue weighted by Gasteiger charge is -2.35. The molecule has 1 N–H and O–H groups in total. The minimum atomic E-state index is -0.0325.